The van der Waals surface area contributed by atoms with E-state index in [2.05, 4.69) is 16.1 Å². The number of benzene rings is 2. The molecule has 8 heteroatoms. The van der Waals surface area contributed by atoms with E-state index in [0.29, 0.717) is 22.8 Å². The van der Waals surface area contributed by atoms with Gasteiger partial charge in [0.2, 0.25) is 4.77 Å². The number of nitrogens with zero attached hydrogens (tertiary/aromatic N) is 4. The summed E-state index contributed by atoms with van der Waals surface area (Å²) in [6.45, 7) is 4.50. The van der Waals surface area contributed by atoms with Gasteiger partial charge in [0.1, 0.15) is 5.82 Å². The third-order valence-corrected chi connectivity index (χ3v) is 5.89. The van der Waals surface area contributed by atoms with Crippen LogP contribution in [0.4, 0.5) is 10.1 Å². The molecule has 0 unspecified atom stereocenters. The molecule has 5 nitrogen and oxygen atoms in total. The van der Waals surface area contributed by atoms with Gasteiger partial charge in [-0.25, -0.2) is 4.39 Å². The number of rotatable bonds is 4. The Morgan fingerprint density at radius 3 is 2.61 bits per heavy atom. The predicted octanol–water partition coefficient (Wildman–Crippen LogP) is 2.77. The smallest absolute Gasteiger partial charge is 0.202 e. The van der Waals surface area contributed by atoms with Crippen LogP contribution in [0, 0.1) is 10.6 Å². The van der Waals surface area contributed by atoms with Gasteiger partial charge in [-0.15, -0.1) is 5.10 Å². The van der Waals surface area contributed by atoms with Crippen molar-refractivity contribution in [1.29, 1.82) is 0 Å². The van der Waals surface area contributed by atoms with Crippen LogP contribution in [0.3, 0.4) is 0 Å². The largest absolute Gasteiger partial charge is 0.360 e. The summed E-state index contributed by atoms with van der Waals surface area (Å²) in [6.07, 6.45) is 0. The van der Waals surface area contributed by atoms with Crippen molar-refractivity contribution >= 4 is 29.5 Å². The van der Waals surface area contributed by atoms with Gasteiger partial charge in [0, 0.05) is 17.8 Å². The molecule has 1 aromatic heterocycles. The number of halogens is 2. The Morgan fingerprint density at radius 1 is 1.14 bits per heavy atom. The minimum absolute atomic E-state index is 0.291. The lowest BCUT2D eigenvalue weighted by molar-refractivity contribution is -0.924. The summed E-state index contributed by atoms with van der Waals surface area (Å²) in [5, 5.41) is 5.36. The molecule has 0 spiro atoms. The van der Waals surface area contributed by atoms with Gasteiger partial charge >= 0.3 is 0 Å². The summed E-state index contributed by atoms with van der Waals surface area (Å²) in [7, 11) is 1.83. The second-order valence-electron chi connectivity index (χ2n) is 7.02. The van der Waals surface area contributed by atoms with Crippen LogP contribution in [0.15, 0.2) is 48.5 Å². The van der Waals surface area contributed by atoms with Gasteiger partial charge in [0.25, 0.3) is 0 Å². The maximum Gasteiger partial charge on any atom is 0.202 e. The Labute approximate surface area is 173 Å². The fourth-order valence-electron chi connectivity index (χ4n) is 3.59. The molecule has 0 bridgehead atoms. The Hall–Kier alpha value is -2.22. The van der Waals surface area contributed by atoms with Crippen molar-refractivity contribution in [1.82, 2.24) is 14.3 Å². The van der Waals surface area contributed by atoms with E-state index in [1.165, 1.54) is 11.0 Å². The summed E-state index contributed by atoms with van der Waals surface area (Å²) >= 11 is 11.7. The molecule has 2 heterocycles. The van der Waals surface area contributed by atoms with Crippen LogP contribution in [0.5, 0.6) is 0 Å². The highest BCUT2D eigenvalue weighted by Gasteiger charge is 2.22. The summed E-state index contributed by atoms with van der Waals surface area (Å²) in [4.78, 5) is 3.74. The lowest BCUT2D eigenvalue weighted by atomic mass is 10.2. The highest BCUT2D eigenvalue weighted by Crippen LogP contribution is 2.21. The zero-order chi connectivity index (χ0) is 19.7. The van der Waals surface area contributed by atoms with Gasteiger partial charge < -0.3 is 14.4 Å². The number of nitrogens with one attached hydrogen (secondary N) is 1. The van der Waals surface area contributed by atoms with Gasteiger partial charge in [-0.3, -0.25) is 0 Å². The molecule has 1 N–H and O–H groups in total. The molecular formula is C20H22ClFN5S+. The van der Waals surface area contributed by atoms with Crippen LogP contribution < -0.4 is 9.80 Å². The van der Waals surface area contributed by atoms with Crippen molar-refractivity contribution in [3.05, 3.63) is 64.1 Å². The van der Waals surface area contributed by atoms with E-state index in [0.717, 1.165) is 36.9 Å². The third-order valence-electron chi connectivity index (χ3n) is 5.17. The molecule has 4 rings (SSSR count). The quantitative estimate of drug-likeness (QED) is 0.661. The number of hydrogen-bond acceptors (Lipinski definition) is 3. The van der Waals surface area contributed by atoms with Gasteiger partial charge in [0.15, 0.2) is 12.5 Å². The molecule has 0 atom stereocenters. The van der Waals surface area contributed by atoms with Crippen LogP contribution in [-0.4, -0.2) is 40.5 Å². The number of anilines is 1. The molecule has 0 radical (unpaired) electrons. The van der Waals surface area contributed by atoms with Crippen LogP contribution in [0.2, 0.25) is 5.02 Å². The van der Waals surface area contributed by atoms with E-state index in [9.17, 15) is 4.39 Å². The molecule has 1 fully saturated rings. The van der Waals surface area contributed by atoms with Crippen molar-refractivity contribution in [3.63, 3.8) is 0 Å². The third kappa shape index (κ3) is 3.83. The summed E-state index contributed by atoms with van der Waals surface area (Å²) in [5.74, 6) is 0.264. The van der Waals surface area contributed by atoms with E-state index in [1.54, 1.807) is 22.8 Å². The molecule has 146 valence electrons. The van der Waals surface area contributed by atoms with E-state index in [4.69, 9.17) is 23.8 Å². The SMILES string of the molecule is Cn1c(-c2ccccc2F)nn(C[NH+]2CCN(c3cccc(Cl)c3)CC2)c1=S. The Balaban J connectivity index is 1.47. The minimum atomic E-state index is -0.291. The lowest BCUT2D eigenvalue weighted by Gasteiger charge is -2.33. The maximum absolute atomic E-state index is 14.2. The average Bonchev–Trinajstić information content (AvgIpc) is 2.97. The fraction of sp³-hybridized carbons (Fsp3) is 0.300. The summed E-state index contributed by atoms with van der Waals surface area (Å²) in [5.41, 5.74) is 1.62. The van der Waals surface area contributed by atoms with Crippen LogP contribution in [-0.2, 0) is 13.7 Å². The van der Waals surface area contributed by atoms with Crippen LogP contribution in [0.1, 0.15) is 0 Å². The predicted molar refractivity (Wildman–Crippen MR) is 112 cm³/mol. The first-order chi connectivity index (χ1) is 13.5. The number of aromatic nitrogens is 3. The Bertz CT molecular complexity index is 1040. The second kappa shape index (κ2) is 8.03. The number of hydrogen-bond donors (Lipinski definition) is 1. The summed E-state index contributed by atoms with van der Waals surface area (Å²) in [6, 6.07) is 14.6. The molecule has 0 aliphatic carbocycles. The first kappa shape index (κ1) is 19.1. The molecule has 28 heavy (non-hydrogen) atoms. The number of quaternary nitrogens is 1. The van der Waals surface area contributed by atoms with E-state index < -0.39 is 0 Å². The van der Waals surface area contributed by atoms with Crippen molar-refractivity contribution in [2.45, 2.75) is 6.67 Å². The van der Waals surface area contributed by atoms with Crippen LogP contribution in [0.25, 0.3) is 11.4 Å². The molecule has 1 saturated heterocycles. The first-order valence-electron chi connectivity index (χ1n) is 9.26. The Kier molecular flexibility index (Phi) is 5.48. The van der Waals surface area contributed by atoms with Crippen molar-refractivity contribution in [2.75, 3.05) is 31.1 Å². The minimum Gasteiger partial charge on any atom is -0.360 e. The molecule has 2 aromatic carbocycles. The Morgan fingerprint density at radius 2 is 1.89 bits per heavy atom. The van der Waals surface area contributed by atoms with E-state index in [-0.39, 0.29) is 5.82 Å². The lowest BCUT2D eigenvalue weighted by Crippen LogP contribution is -3.14. The van der Waals surface area contributed by atoms with Gasteiger partial charge in [0.05, 0.1) is 31.7 Å². The normalized spacial score (nSPS) is 15.2. The molecule has 0 saturated carbocycles. The molecule has 3 aromatic rings. The zero-order valence-electron chi connectivity index (χ0n) is 15.6. The average molecular weight is 419 g/mol. The topological polar surface area (TPSA) is 30.4 Å². The molecule has 1 aliphatic rings. The summed E-state index contributed by atoms with van der Waals surface area (Å²) < 4.78 is 18.4. The van der Waals surface area contributed by atoms with Crippen molar-refractivity contribution in [3.8, 4) is 11.4 Å². The first-order valence-corrected chi connectivity index (χ1v) is 10.0. The second-order valence-corrected chi connectivity index (χ2v) is 7.82. The number of piperazine rings is 1. The fourth-order valence-corrected chi connectivity index (χ4v) is 3.97. The van der Waals surface area contributed by atoms with Crippen molar-refractivity contribution in [2.24, 2.45) is 7.05 Å². The molecular weight excluding hydrogens is 397 g/mol. The van der Waals surface area contributed by atoms with Crippen LogP contribution >= 0.6 is 23.8 Å². The van der Waals surface area contributed by atoms with Gasteiger partial charge in [-0.1, -0.05) is 29.8 Å². The standard InChI is InChI=1S/C20H21ClFN5S/c1-24-19(17-7-2-3-8-18(17)22)23-27(20(24)28)14-25-9-11-26(12-10-25)16-6-4-5-15(21)13-16/h2-8,13H,9-12,14H2,1H3/p+1. The molecule has 0 amide bonds. The van der Waals surface area contributed by atoms with Gasteiger partial charge in [-0.05, 0) is 42.5 Å². The zero-order valence-corrected chi connectivity index (χ0v) is 17.2. The van der Waals surface area contributed by atoms with E-state index in [1.807, 2.05) is 29.9 Å². The highest BCUT2D eigenvalue weighted by molar-refractivity contribution is 7.71. The molecule has 1 aliphatic heterocycles. The van der Waals surface area contributed by atoms with E-state index >= 15 is 0 Å². The van der Waals surface area contributed by atoms with Crippen molar-refractivity contribution < 1.29 is 9.29 Å². The monoisotopic (exact) mass is 418 g/mol. The highest BCUT2D eigenvalue weighted by atomic mass is 35.5. The maximum atomic E-state index is 14.2. The van der Waals surface area contributed by atoms with Gasteiger partial charge in [-0.2, -0.15) is 4.68 Å².